The fourth-order valence-electron chi connectivity index (χ4n) is 3.25. The van der Waals surface area contributed by atoms with Gasteiger partial charge in [-0.3, -0.25) is 0 Å². The number of nitrogens with zero attached hydrogens (tertiary/aromatic N) is 2. The lowest BCUT2D eigenvalue weighted by Gasteiger charge is -2.24. The van der Waals surface area contributed by atoms with E-state index in [1.165, 1.54) is 14.2 Å². The van der Waals surface area contributed by atoms with E-state index in [1.807, 2.05) is 44.2 Å². The minimum Gasteiger partial charge on any atom is -0.477 e. The second-order valence-electron chi connectivity index (χ2n) is 7.60. The molecule has 0 N–H and O–H groups in total. The first kappa shape index (κ1) is 22.5. The van der Waals surface area contributed by atoms with E-state index in [1.54, 1.807) is 19.2 Å². The van der Waals surface area contributed by atoms with Crippen molar-refractivity contribution in [1.29, 1.82) is 0 Å². The predicted octanol–water partition coefficient (Wildman–Crippen LogP) is 4.10. The molecule has 2 heterocycles. The molecular weight excluding hydrogens is 396 g/mol. The summed E-state index contributed by atoms with van der Waals surface area (Å²) in [6, 6.07) is 11.7. The largest absolute Gasteiger partial charge is 0.477 e. The molecule has 0 aliphatic rings. The van der Waals surface area contributed by atoms with Gasteiger partial charge in [-0.05, 0) is 38.5 Å². The maximum absolute atomic E-state index is 11.9. The zero-order valence-corrected chi connectivity index (χ0v) is 18.6. The molecule has 0 fully saturated rings. The highest BCUT2D eigenvalue weighted by molar-refractivity contribution is 5.79. The van der Waals surface area contributed by atoms with Gasteiger partial charge in [-0.15, -0.1) is 0 Å². The highest BCUT2D eigenvalue weighted by Gasteiger charge is 2.34. The molecule has 3 aromatic rings. The number of hydrogen-bond donors (Lipinski definition) is 0. The molecule has 0 aliphatic heterocycles. The standard InChI is InChI=1S/C24H28N2O5/c1-16-7-6-8-19(13-16)22-26-20(17(2)31-22)11-12-30-21-10-9-18(15-25-21)14-24(3,29-5)23(27)28-4/h6-10,13,15H,11-12,14H2,1-5H3. The van der Waals surface area contributed by atoms with Crippen molar-refractivity contribution in [2.45, 2.75) is 39.2 Å². The number of carbonyl (C=O) groups is 1. The monoisotopic (exact) mass is 424 g/mol. The number of hydrogen-bond acceptors (Lipinski definition) is 7. The number of pyridine rings is 1. The Kier molecular flexibility index (Phi) is 7.07. The molecule has 3 rings (SSSR count). The summed E-state index contributed by atoms with van der Waals surface area (Å²) in [5.41, 5.74) is 2.77. The van der Waals surface area contributed by atoms with E-state index in [0.29, 0.717) is 31.2 Å². The summed E-state index contributed by atoms with van der Waals surface area (Å²) in [4.78, 5) is 20.9. The van der Waals surface area contributed by atoms with E-state index < -0.39 is 11.6 Å². The van der Waals surface area contributed by atoms with Crippen LogP contribution in [0, 0.1) is 13.8 Å². The smallest absolute Gasteiger partial charge is 0.338 e. The van der Waals surface area contributed by atoms with Crippen molar-refractivity contribution in [1.82, 2.24) is 9.97 Å². The molecule has 7 nitrogen and oxygen atoms in total. The van der Waals surface area contributed by atoms with Crippen LogP contribution < -0.4 is 4.74 Å². The Morgan fingerprint density at radius 1 is 1.16 bits per heavy atom. The quantitative estimate of drug-likeness (QED) is 0.478. The van der Waals surface area contributed by atoms with Crippen molar-refractivity contribution in [3.05, 3.63) is 65.2 Å². The lowest BCUT2D eigenvalue weighted by atomic mass is 9.97. The van der Waals surface area contributed by atoms with Gasteiger partial charge in [0.05, 0.1) is 19.4 Å². The van der Waals surface area contributed by atoms with Gasteiger partial charge in [0.15, 0.2) is 5.60 Å². The number of methoxy groups -OCH3 is 2. The van der Waals surface area contributed by atoms with Crippen LogP contribution in [0.2, 0.25) is 0 Å². The molecule has 0 spiro atoms. The SMILES string of the molecule is COC(=O)C(C)(Cc1ccc(OCCc2nc(-c3cccc(C)c3)oc2C)nc1)OC. The predicted molar refractivity (Wildman–Crippen MR) is 116 cm³/mol. The Morgan fingerprint density at radius 3 is 2.61 bits per heavy atom. The number of aromatic nitrogens is 2. The van der Waals surface area contributed by atoms with Crippen molar-refractivity contribution >= 4 is 5.97 Å². The second-order valence-corrected chi connectivity index (χ2v) is 7.60. The molecule has 0 bridgehead atoms. The van der Waals surface area contributed by atoms with Crippen LogP contribution in [0.25, 0.3) is 11.5 Å². The van der Waals surface area contributed by atoms with Gasteiger partial charge >= 0.3 is 5.97 Å². The minimum absolute atomic E-state index is 0.351. The normalized spacial score (nSPS) is 12.9. The van der Waals surface area contributed by atoms with Gasteiger partial charge in [-0.1, -0.05) is 23.8 Å². The minimum atomic E-state index is -1.06. The average Bonchev–Trinajstić information content (AvgIpc) is 3.15. The van der Waals surface area contributed by atoms with Crippen molar-refractivity contribution in [2.75, 3.05) is 20.8 Å². The number of benzene rings is 1. The van der Waals surface area contributed by atoms with Gasteiger partial charge in [0, 0.05) is 37.8 Å². The van der Waals surface area contributed by atoms with Gasteiger partial charge < -0.3 is 18.6 Å². The van der Waals surface area contributed by atoms with E-state index in [0.717, 1.165) is 28.1 Å². The third-order valence-corrected chi connectivity index (χ3v) is 5.15. The molecule has 1 unspecified atom stereocenters. The highest BCUT2D eigenvalue weighted by atomic mass is 16.6. The molecule has 31 heavy (non-hydrogen) atoms. The zero-order valence-electron chi connectivity index (χ0n) is 18.6. The van der Waals surface area contributed by atoms with Gasteiger partial charge in [-0.2, -0.15) is 0 Å². The second kappa shape index (κ2) is 9.75. The first-order valence-electron chi connectivity index (χ1n) is 10.1. The Morgan fingerprint density at radius 2 is 1.97 bits per heavy atom. The summed E-state index contributed by atoms with van der Waals surface area (Å²) in [5, 5.41) is 0. The average molecular weight is 424 g/mol. The Balaban J connectivity index is 1.57. The van der Waals surface area contributed by atoms with Gasteiger partial charge in [0.2, 0.25) is 11.8 Å². The lowest BCUT2D eigenvalue weighted by Crippen LogP contribution is -2.40. The summed E-state index contributed by atoms with van der Waals surface area (Å²) in [7, 11) is 2.83. The van der Waals surface area contributed by atoms with E-state index in [9.17, 15) is 4.79 Å². The van der Waals surface area contributed by atoms with Crippen LogP contribution >= 0.6 is 0 Å². The molecule has 1 aromatic carbocycles. The number of ether oxygens (including phenoxy) is 3. The van der Waals surface area contributed by atoms with Crippen LogP contribution in [0.5, 0.6) is 5.88 Å². The summed E-state index contributed by atoms with van der Waals surface area (Å²) >= 11 is 0. The molecule has 0 amide bonds. The number of aryl methyl sites for hydroxylation is 2. The molecule has 0 radical (unpaired) electrons. The van der Waals surface area contributed by atoms with E-state index in [-0.39, 0.29) is 0 Å². The fourth-order valence-corrected chi connectivity index (χ4v) is 3.25. The third-order valence-electron chi connectivity index (χ3n) is 5.15. The van der Waals surface area contributed by atoms with Gasteiger partial charge in [0.25, 0.3) is 0 Å². The Bertz CT molecular complexity index is 1030. The van der Waals surface area contributed by atoms with Crippen molar-refractivity contribution in [2.24, 2.45) is 0 Å². The first-order chi connectivity index (χ1) is 14.8. The molecule has 1 atom stereocenters. The number of carbonyl (C=O) groups excluding carboxylic acids is 1. The molecular formula is C24H28N2O5. The van der Waals surface area contributed by atoms with Crippen molar-refractivity contribution < 1.29 is 23.4 Å². The molecule has 0 saturated carbocycles. The lowest BCUT2D eigenvalue weighted by molar-refractivity contribution is -0.163. The summed E-state index contributed by atoms with van der Waals surface area (Å²) < 4.78 is 21.8. The third kappa shape index (κ3) is 5.49. The van der Waals surface area contributed by atoms with Crippen molar-refractivity contribution in [3.63, 3.8) is 0 Å². The molecule has 2 aromatic heterocycles. The highest BCUT2D eigenvalue weighted by Crippen LogP contribution is 2.23. The van der Waals surface area contributed by atoms with Crippen LogP contribution in [0.4, 0.5) is 0 Å². The van der Waals surface area contributed by atoms with E-state index in [2.05, 4.69) is 9.97 Å². The fraction of sp³-hybridized carbons (Fsp3) is 0.375. The van der Waals surface area contributed by atoms with E-state index >= 15 is 0 Å². The molecule has 0 aliphatic carbocycles. The van der Waals surface area contributed by atoms with Crippen LogP contribution in [0.3, 0.4) is 0 Å². The van der Waals surface area contributed by atoms with Crippen LogP contribution in [-0.2, 0) is 27.1 Å². The maximum atomic E-state index is 11.9. The topological polar surface area (TPSA) is 83.7 Å². The number of rotatable bonds is 9. The Labute approximate surface area is 182 Å². The Hall–Kier alpha value is -3.19. The summed E-state index contributed by atoms with van der Waals surface area (Å²) in [6.07, 6.45) is 2.63. The summed E-state index contributed by atoms with van der Waals surface area (Å²) in [6.45, 7) is 6.06. The molecule has 7 heteroatoms. The zero-order chi connectivity index (χ0) is 22.4. The summed E-state index contributed by atoms with van der Waals surface area (Å²) in [5.74, 6) is 1.47. The van der Waals surface area contributed by atoms with Gasteiger partial charge in [-0.25, -0.2) is 14.8 Å². The van der Waals surface area contributed by atoms with E-state index in [4.69, 9.17) is 18.6 Å². The number of oxazole rings is 1. The first-order valence-corrected chi connectivity index (χ1v) is 10.1. The van der Waals surface area contributed by atoms with Crippen LogP contribution in [-0.4, -0.2) is 42.4 Å². The van der Waals surface area contributed by atoms with Gasteiger partial charge in [0.1, 0.15) is 5.76 Å². The number of esters is 1. The van der Waals surface area contributed by atoms with Crippen LogP contribution in [0.15, 0.2) is 47.0 Å². The van der Waals surface area contributed by atoms with Crippen LogP contribution in [0.1, 0.15) is 29.5 Å². The maximum Gasteiger partial charge on any atom is 0.338 e. The van der Waals surface area contributed by atoms with Crippen molar-refractivity contribution in [3.8, 4) is 17.3 Å². The molecule has 164 valence electrons. The molecule has 0 saturated heterocycles.